The largest absolute Gasteiger partial charge is 0.484 e. The van der Waals surface area contributed by atoms with E-state index in [0.717, 1.165) is 12.1 Å². The summed E-state index contributed by atoms with van der Waals surface area (Å²) in [4.78, 5) is 37.8. The van der Waals surface area contributed by atoms with Crippen LogP contribution >= 0.6 is 55.1 Å². The van der Waals surface area contributed by atoms with Crippen molar-refractivity contribution in [3.05, 3.63) is 56.5 Å². The van der Waals surface area contributed by atoms with Crippen LogP contribution in [0.5, 0.6) is 11.5 Å². The smallest absolute Gasteiger partial charge is 0.258 e. The number of carbonyl (C=O) groups excluding carboxylic acids is 3. The molecule has 198 valence electrons. The Balaban J connectivity index is 1.34. The number of ketones is 1. The van der Waals surface area contributed by atoms with E-state index >= 15 is 0 Å². The third-order valence-electron chi connectivity index (χ3n) is 6.54. The Kier molecular flexibility index (Phi) is 8.37. The molecule has 1 atom stereocenters. The van der Waals surface area contributed by atoms with Crippen LogP contribution < -0.4 is 20.1 Å². The molecule has 2 bridgehead atoms. The van der Waals surface area contributed by atoms with Crippen LogP contribution in [-0.4, -0.2) is 46.7 Å². The van der Waals surface area contributed by atoms with Gasteiger partial charge in [-0.2, -0.15) is 0 Å². The van der Waals surface area contributed by atoms with Crippen molar-refractivity contribution >= 4 is 72.7 Å². The van der Waals surface area contributed by atoms with Gasteiger partial charge in [0.25, 0.3) is 11.8 Å². The summed E-state index contributed by atoms with van der Waals surface area (Å²) in [5, 5.41) is 5.51. The second-order valence-corrected chi connectivity index (χ2v) is 11.5. The van der Waals surface area contributed by atoms with E-state index in [4.69, 9.17) is 32.7 Å². The van der Waals surface area contributed by atoms with Crippen LogP contribution in [-0.2, 0) is 14.4 Å². The van der Waals surface area contributed by atoms with Crippen molar-refractivity contribution in [2.75, 3.05) is 13.2 Å². The molecule has 3 fully saturated rings. The summed E-state index contributed by atoms with van der Waals surface area (Å²) in [6, 6.07) is 6.21. The van der Waals surface area contributed by atoms with Crippen LogP contribution in [0.2, 0.25) is 10.0 Å². The van der Waals surface area contributed by atoms with E-state index in [9.17, 15) is 23.2 Å². The van der Waals surface area contributed by atoms with Crippen LogP contribution in [0.15, 0.2) is 34.8 Å². The lowest BCUT2D eigenvalue weighted by Crippen LogP contribution is -2.74. The highest BCUT2D eigenvalue weighted by molar-refractivity contribution is 9.10. The number of alkyl halides is 1. The summed E-state index contributed by atoms with van der Waals surface area (Å²) < 4.78 is 38.5. The summed E-state index contributed by atoms with van der Waals surface area (Å²) in [6.45, 7) is -0.817. The summed E-state index contributed by atoms with van der Waals surface area (Å²) in [5.74, 6) is -2.40. The molecule has 0 radical (unpaired) electrons. The molecule has 2 amide bonds. The highest BCUT2D eigenvalue weighted by atomic mass is 79.9. The fraction of sp³-hybridized carbons (Fsp3) is 0.375. The summed E-state index contributed by atoms with van der Waals surface area (Å²) >= 11 is 18.0. The van der Waals surface area contributed by atoms with Crippen LogP contribution in [0.25, 0.3) is 0 Å². The highest BCUT2D eigenvalue weighted by Gasteiger charge is 2.60. The minimum Gasteiger partial charge on any atom is -0.484 e. The number of amides is 2. The summed E-state index contributed by atoms with van der Waals surface area (Å²) in [5.41, 5.74) is -1.96. The van der Waals surface area contributed by atoms with Gasteiger partial charge in [-0.25, -0.2) is 8.78 Å². The van der Waals surface area contributed by atoms with Crippen LogP contribution in [0.3, 0.4) is 0 Å². The second-order valence-electron chi connectivity index (χ2n) is 8.91. The van der Waals surface area contributed by atoms with Gasteiger partial charge in [0.2, 0.25) is 0 Å². The SMILES string of the molecule is O=C(COc1ccc(Cl)c(F)c1)NC12CCC(NC(=O)COc3cc(F)c(Cl)cc3Br)(CC1)[C@H](Br)C2=O. The van der Waals surface area contributed by atoms with Crippen molar-refractivity contribution in [1.82, 2.24) is 10.6 Å². The molecule has 0 aliphatic heterocycles. The molecule has 37 heavy (non-hydrogen) atoms. The molecule has 5 rings (SSSR count). The van der Waals surface area contributed by atoms with Gasteiger partial charge in [0, 0.05) is 12.1 Å². The number of ether oxygens (including phenoxy) is 2. The topological polar surface area (TPSA) is 93.7 Å². The first-order valence-electron chi connectivity index (χ1n) is 11.1. The van der Waals surface area contributed by atoms with E-state index in [2.05, 4.69) is 42.5 Å². The molecule has 0 unspecified atom stereocenters. The number of nitrogens with one attached hydrogen (secondary N) is 2. The van der Waals surface area contributed by atoms with Crippen molar-refractivity contribution < 1.29 is 32.6 Å². The van der Waals surface area contributed by atoms with E-state index < -0.39 is 52.6 Å². The van der Waals surface area contributed by atoms with Crippen molar-refractivity contribution in [3.63, 3.8) is 0 Å². The van der Waals surface area contributed by atoms with Crippen molar-refractivity contribution in [2.24, 2.45) is 0 Å². The Hall–Kier alpha value is -1.95. The van der Waals surface area contributed by atoms with E-state index in [1.165, 1.54) is 18.2 Å². The minimum absolute atomic E-state index is 0.0667. The molecule has 0 spiro atoms. The fourth-order valence-electron chi connectivity index (χ4n) is 4.58. The van der Waals surface area contributed by atoms with Gasteiger partial charge in [0.15, 0.2) is 19.0 Å². The average molecular weight is 685 g/mol. The average Bonchev–Trinajstić information content (AvgIpc) is 2.85. The first-order chi connectivity index (χ1) is 17.4. The van der Waals surface area contributed by atoms with Gasteiger partial charge in [-0.1, -0.05) is 39.1 Å². The van der Waals surface area contributed by atoms with Crippen LogP contribution in [0.1, 0.15) is 25.7 Å². The van der Waals surface area contributed by atoms with Crippen molar-refractivity contribution in [2.45, 2.75) is 41.6 Å². The Bertz CT molecular complexity index is 1260. The number of hydrogen-bond acceptors (Lipinski definition) is 5. The van der Waals surface area contributed by atoms with Gasteiger partial charge in [0.05, 0.1) is 24.9 Å². The zero-order valence-electron chi connectivity index (χ0n) is 19.0. The zero-order chi connectivity index (χ0) is 27.0. The number of fused-ring (bicyclic) bond motifs is 3. The number of benzene rings is 2. The number of carbonyl (C=O) groups is 3. The van der Waals surface area contributed by atoms with Gasteiger partial charge in [-0.05, 0) is 59.8 Å². The first-order valence-corrected chi connectivity index (χ1v) is 13.6. The molecule has 0 saturated heterocycles. The summed E-state index contributed by atoms with van der Waals surface area (Å²) in [7, 11) is 0. The molecule has 3 aliphatic carbocycles. The first kappa shape index (κ1) is 28.1. The van der Waals surface area contributed by atoms with Gasteiger partial charge in [-0.3, -0.25) is 14.4 Å². The lowest BCUT2D eigenvalue weighted by atomic mass is 9.60. The summed E-state index contributed by atoms with van der Waals surface area (Å²) in [6.07, 6.45) is 1.46. The van der Waals surface area contributed by atoms with Gasteiger partial charge >= 0.3 is 0 Å². The van der Waals surface area contributed by atoms with Gasteiger partial charge in [0.1, 0.15) is 28.7 Å². The van der Waals surface area contributed by atoms with E-state index in [1.807, 2.05) is 0 Å². The number of rotatable bonds is 8. The predicted octanol–water partition coefficient (Wildman–Crippen LogP) is 5.12. The Morgan fingerprint density at radius 2 is 1.57 bits per heavy atom. The maximum absolute atomic E-state index is 13.7. The van der Waals surface area contributed by atoms with Crippen LogP contribution in [0.4, 0.5) is 8.78 Å². The molecule has 3 saturated carbocycles. The predicted molar refractivity (Wildman–Crippen MR) is 139 cm³/mol. The van der Waals surface area contributed by atoms with E-state index in [1.54, 1.807) is 0 Å². The third-order valence-corrected chi connectivity index (χ3v) is 9.05. The quantitative estimate of drug-likeness (QED) is 0.298. The molecule has 2 aromatic rings. The second kappa shape index (κ2) is 11.0. The van der Waals surface area contributed by atoms with Crippen molar-refractivity contribution in [3.8, 4) is 11.5 Å². The molecule has 3 aliphatic rings. The Labute approximate surface area is 237 Å². The molecule has 0 heterocycles. The van der Waals surface area contributed by atoms with Crippen LogP contribution in [0, 0.1) is 11.6 Å². The maximum Gasteiger partial charge on any atom is 0.258 e. The van der Waals surface area contributed by atoms with E-state index in [0.29, 0.717) is 30.2 Å². The number of hydrogen-bond donors (Lipinski definition) is 2. The molecule has 2 N–H and O–H groups in total. The van der Waals surface area contributed by atoms with Gasteiger partial charge < -0.3 is 20.1 Å². The maximum atomic E-state index is 13.7. The standard InChI is InChI=1S/C24H20Br2Cl2F2N2O5/c25-13-8-15(28)17(30)9-18(13)37-11-20(34)31-23-3-5-24(6-4-23,22(35)21(23)26)32-19(33)10-36-12-1-2-14(27)16(29)7-12/h1-2,7-9,21H,3-6,10-11H2,(H,31,34)(H,32,33)/t21-,23?,24?/m1/s1. The number of halogens is 6. The monoisotopic (exact) mass is 682 g/mol. The molecular weight excluding hydrogens is 665 g/mol. The number of Topliss-reactive ketones (excluding diaryl/α,β-unsaturated/α-hetero) is 1. The lowest BCUT2D eigenvalue weighted by molar-refractivity contribution is -0.142. The molecule has 0 aromatic heterocycles. The minimum atomic E-state index is -1.10. The highest BCUT2D eigenvalue weighted by Crippen LogP contribution is 2.47. The third kappa shape index (κ3) is 5.89. The molecule has 7 nitrogen and oxygen atoms in total. The fourth-order valence-corrected chi connectivity index (χ4v) is 6.46. The Morgan fingerprint density at radius 1 is 0.946 bits per heavy atom. The van der Waals surface area contributed by atoms with Crippen molar-refractivity contribution in [1.29, 1.82) is 0 Å². The lowest BCUT2D eigenvalue weighted by Gasteiger charge is -2.55. The molecule has 2 aromatic carbocycles. The molecular formula is C24H20Br2Cl2F2N2O5. The normalized spacial score (nSPS) is 24.5. The zero-order valence-corrected chi connectivity index (χ0v) is 23.7. The van der Waals surface area contributed by atoms with Gasteiger partial charge in [-0.15, -0.1) is 0 Å². The van der Waals surface area contributed by atoms with E-state index in [-0.39, 0.29) is 27.3 Å². The molecule has 13 heteroatoms. The Morgan fingerprint density at radius 3 is 2.24 bits per heavy atom.